The third kappa shape index (κ3) is 3.32. The van der Waals surface area contributed by atoms with Gasteiger partial charge in [0.25, 0.3) is 5.91 Å². The molecule has 1 aromatic carbocycles. The number of amides is 1. The predicted molar refractivity (Wildman–Crippen MR) is 105 cm³/mol. The van der Waals surface area contributed by atoms with Crippen molar-refractivity contribution in [3.8, 4) is 0 Å². The quantitative estimate of drug-likeness (QED) is 0.638. The molecule has 0 bridgehead atoms. The van der Waals surface area contributed by atoms with Crippen LogP contribution in [0.5, 0.6) is 0 Å². The molecule has 3 aromatic rings. The summed E-state index contributed by atoms with van der Waals surface area (Å²) >= 11 is 0. The predicted octanol–water partition coefficient (Wildman–Crippen LogP) is 1.58. The van der Waals surface area contributed by atoms with E-state index in [9.17, 15) is 14.7 Å². The summed E-state index contributed by atoms with van der Waals surface area (Å²) < 4.78 is 19.0. The van der Waals surface area contributed by atoms with Gasteiger partial charge in [0.05, 0.1) is 6.33 Å². The molecular weight excluding hydrogens is 406 g/mol. The van der Waals surface area contributed by atoms with Crippen LogP contribution in [0.3, 0.4) is 0 Å². The van der Waals surface area contributed by atoms with Crippen molar-refractivity contribution < 1.29 is 28.9 Å². The van der Waals surface area contributed by atoms with Crippen LogP contribution in [0.2, 0.25) is 0 Å². The fraction of sp³-hybridized carbons (Fsp3) is 0.350. The van der Waals surface area contributed by atoms with Gasteiger partial charge in [0, 0.05) is 5.56 Å². The number of carboxylic acids is 1. The maximum atomic E-state index is 12.5. The lowest BCUT2D eigenvalue weighted by atomic mass is 10.1. The molecule has 0 saturated carbocycles. The number of aromatic nitrogens is 4. The Balaban J connectivity index is 1.49. The maximum Gasteiger partial charge on any atom is 0.335 e. The number of carbonyl (C=O) groups is 2. The Kier molecular flexibility index (Phi) is 4.46. The van der Waals surface area contributed by atoms with Gasteiger partial charge >= 0.3 is 5.97 Å². The number of imidazole rings is 1. The lowest BCUT2D eigenvalue weighted by molar-refractivity contribution is -0.202. The minimum Gasteiger partial charge on any atom is -0.479 e. The Hall–Kier alpha value is -3.41. The van der Waals surface area contributed by atoms with Gasteiger partial charge in [0.2, 0.25) is 0 Å². The van der Waals surface area contributed by atoms with E-state index in [2.05, 4.69) is 20.3 Å². The summed E-state index contributed by atoms with van der Waals surface area (Å²) in [7, 11) is 0. The molecule has 1 amide bonds. The summed E-state index contributed by atoms with van der Waals surface area (Å²) in [6.45, 7) is 3.43. The Morgan fingerprint density at radius 1 is 1.10 bits per heavy atom. The molecule has 0 aliphatic carbocycles. The molecule has 2 fully saturated rings. The summed E-state index contributed by atoms with van der Waals surface area (Å²) in [6, 6.07) is 8.71. The van der Waals surface area contributed by atoms with E-state index in [-0.39, 0.29) is 11.7 Å². The number of aliphatic carboxylic acids is 1. The number of rotatable bonds is 4. The third-order valence-electron chi connectivity index (χ3n) is 5.17. The van der Waals surface area contributed by atoms with Gasteiger partial charge < -0.3 is 24.6 Å². The number of hydrogen-bond acceptors (Lipinski definition) is 8. The minimum atomic E-state index is -1.20. The lowest BCUT2D eigenvalue weighted by Gasteiger charge is -2.23. The molecule has 2 N–H and O–H groups in total. The smallest absolute Gasteiger partial charge is 0.335 e. The molecular formula is C20H19N5O6. The molecule has 2 aliphatic rings. The Labute approximate surface area is 176 Å². The second-order valence-corrected chi connectivity index (χ2v) is 7.72. The molecule has 0 unspecified atom stereocenters. The van der Waals surface area contributed by atoms with Gasteiger partial charge in [-0.05, 0) is 26.0 Å². The largest absolute Gasteiger partial charge is 0.479 e. The number of ether oxygens (including phenoxy) is 3. The monoisotopic (exact) mass is 425 g/mol. The molecule has 0 spiro atoms. The number of hydrogen-bond donors (Lipinski definition) is 2. The number of carboxylic acid groups (broad SMARTS) is 1. The van der Waals surface area contributed by atoms with Crippen LogP contribution in [-0.2, 0) is 19.0 Å². The van der Waals surface area contributed by atoms with E-state index in [1.54, 1.807) is 42.7 Å². The van der Waals surface area contributed by atoms with Crippen LogP contribution in [0, 0.1) is 0 Å². The van der Waals surface area contributed by atoms with Gasteiger partial charge in [-0.3, -0.25) is 9.36 Å². The number of benzene rings is 1. The highest BCUT2D eigenvalue weighted by atomic mass is 16.8. The molecule has 11 nitrogen and oxygen atoms in total. The zero-order valence-corrected chi connectivity index (χ0v) is 16.6. The Morgan fingerprint density at radius 2 is 1.84 bits per heavy atom. The van der Waals surface area contributed by atoms with Crippen LogP contribution in [-0.4, -0.2) is 60.6 Å². The van der Waals surface area contributed by atoms with E-state index in [1.165, 1.54) is 12.7 Å². The molecule has 160 valence electrons. The van der Waals surface area contributed by atoms with Crippen molar-refractivity contribution in [2.75, 3.05) is 5.32 Å². The summed E-state index contributed by atoms with van der Waals surface area (Å²) in [5, 5.41) is 12.3. The van der Waals surface area contributed by atoms with E-state index >= 15 is 0 Å². The highest BCUT2D eigenvalue weighted by Gasteiger charge is 2.58. The van der Waals surface area contributed by atoms with Crippen LogP contribution >= 0.6 is 0 Å². The zero-order chi connectivity index (χ0) is 21.8. The lowest BCUT2D eigenvalue weighted by Crippen LogP contribution is -2.35. The van der Waals surface area contributed by atoms with Gasteiger partial charge in [-0.2, -0.15) is 0 Å². The first-order valence-corrected chi connectivity index (χ1v) is 9.62. The van der Waals surface area contributed by atoms with Gasteiger partial charge in [-0.1, -0.05) is 18.2 Å². The van der Waals surface area contributed by atoms with E-state index in [1.807, 2.05) is 6.07 Å². The first-order valence-electron chi connectivity index (χ1n) is 9.62. The average Bonchev–Trinajstić information content (AvgIpc) is 3.39. The van der Waals surface area contributed by atoms with Crippen LogP contribution in [0.15, 0.2) is 43.0 Å². The van der Waals surface area contributed by atoms with E-state index < -0.39 is 36.3 Å². The summed E-state index contributed by atoms with van der Waals surface area (Å²) in [5.74, 6) is -2.21. The second kappa shape index (κ2) is 7.08. The second-order valence-electron chi connectivity index (χ2n) is 7.72. The van der Waals surface area contributed by atoms with Crippen molar-refractivity contribution in [3.05, 3.63) is 48.5 Å². The van der Waals surface area contributed by atoms with Gasteiger partial charge in [0.1, 0.15) is 18.5 Å². The van der Waals surface area contributed by atoms with E-state index in [4.69, 9.17) is 14.2 Å². The van der Waals surface area contributed by atoms with Gasteiger partial charge in [0.15, 0.2) is 35.1 Å². The average molecular weight is 425 g/mol. The van der Waals surface area contributed by atoms with Crippen molar-refractivity contribution in [1.82, 2.24) is 19.5 Å². The Morgan fingerprint density at radius 3 is 2.58 bits per heavy atom. The highest BCUT2D eigenvalue weighted by Crippen LogP contribution is 2.43. The molecule has 4 atom stereocenters. The van der Waals surface area contributed by atoms with Gasteiger partial charge in [-0.15, -0.1) is 0 Å². The molecule has 0 radical (unpaired) electrons. The number of carbonyl (C=O) groups excluding carboxylic acids is 1. The van der Waals surface area contributed by atoms with Crippen LogP contribution in [0.1, 0.15) is 30.4 Å². The van der Waals surface area contributed by atoms with Crippen LogP contribution < -0.4 is 5.32 Å². The van der Waals surface area contributed by atoms with Crippen molar-refractivity contribution in [2.45, 2.75) is 44.2 Å². The van der Waals surface area contributed by atoms with Crippen molar-refractivity contribution >= 4 is 28.9 Å². The number of nitrogens with one attached hydrogen (secondary N) is 1. The fourth-order valence-corrected chi connectivity index (χ4v) is 3.90. The normalized spacial score (nSPS) is 26.6. The maximum absolute atomic E-state index is 12.5. The molecule has 2 saturated heterocycles. The van der Waals surface area contributed by atoms with Crippen LogP contribution in [0.25, 0.3) is 11.2 Å². The first-order chi connectivity index (χ1) is 14.8. The van der Waals surface area contributed by atoms with Crippen LogP contribution in [0.4, 0.5) is 5.82 Å². The zero-order valence-electron chi connectivity index (χ0n) is 16.6. The van der Waals surface area contributed by atoms with Gasteiger partial charge in [-0.25, -0.2) is 19.7 Å². The molecule has 2 aromatic heterocycles. The first kappa shape index (κ1) is 19.5. The summed E-state index contributed by atoms with van der Waals surface area (Å²) in [6.07, 6.45) is -0.741. The minimum absolute atomic E-state index is 0.228. The van der Waals surface area contributed by atoms with Crippen molar-refractivity contribution in [3.63, 3.8) is 0 Å². The molecule has 11 heteroatoms. The highest BCUT2D eigenvalue weighted by molar-refractivity contribution is 6.06. The number of anilines is 1. The van der Waals surface area contributed by atoms with E-state index in [0.29, 0.717) is 16.7 Å². The topological polar surface area (TPSA) is 138 Å². The summed E-state index contributed by atoms with van der Waals surface area (Å²) in [4.78, 5) is 36.9. The molecule has 31 heavy (non-hydrogen) atoms. The third-order valence-corrected chi connectivity index (χ3v) is 5.17. The standard InChI is InChI=1S/C20H19N5O6/c1-20(2)30-12-13(31-20)18(29-14(12)19(27)28)25-9-23-11-15(21-8-22-16(11)25)24-17(26)10-6-4-3-5-7-10/h3-9,12-14,18H,1-2H3,(H,27,28)(H,21,22,24,26)/t12-,13+,14-,18+/m0/s1. The molecule has 2 aliphatic heterocycles. The number of fused-ring (bicyclic) bond motifs is 2. The van der Waals surface area contributed by atoms with Crippen molar-refractivity contribution in [1.29, 1.82) is 0 Å². The van der Waals surface area contributed by atoms with Crippen molar-refractivity contribution in [2.24, 2.45) is 0 Å². The molecule has 5 rings (SSSR count). The van der Waals surface area contributed by atoms with E-state index in [0.717, 1.165) is 0 Å². The summed E-state index contributed by atoms with van der Waals surface area (Å²) in [5.41, 5.74) is 1.17. The SMILES string of the molecule is CC1(C)O[C@@H]2[C@H](O1)[C@@H](C(=O)O)O[C@H]2n1cnc2c(NC(=O)c3ccccc3)ncnc21. The molecule has 4 heterocycles. The fourth-order valence-electron chi connectivity index (χ4n) is 3.90. The number of nitrogens with zero attached hydrogens (tertiary/aromatic N) is 4. The Bertz CT molecular complexity index is 1160.